The molecule has 36 heavy (non-hydrogen) atoms. The molecule has 0 saturated carbocycles. The first-order valence-corrected chi connectivity index (χ1v) is 11.5. The first kappa shape index (κ1) is 27.6. The average molecular weight is 512 g/mol. The molecule has 3 rings (SSSR count). The second-order valence-electron chi connectivity index (χ2n) is 9.28. The summed E-state index contributed by atoms with van der Waals surface area (Å²) < 4.78 is 79.7. The summed E-state index contributed by atoms with van der Waals surface area (Å²) in [4.78, 5) is 13.3. The third-order valence-corrected chi connectivity index (χ3v) is 6.50. The highest BCUT2D eigenvalue weighted by molar-refractivity contribution is 5.67. The molecule has 1 fully saturated rings. The number of benzene rings is 1. The van der Waals surface area contributed by atoms with E-state index in [0.29, 0.717) is 30.5 Å². The topological polar surface area (TPSA) is 40.5 Å². The van der Waals surface area contributed by atoms with Crippen molar-refractivity contribution < 1.29 is 36.2 Å². The third kappa shape index (κ3) is 7.03. The molecule has 1 aromatic carbocycles. The van der Waals surface area contributed by atoms with Crippen molar-refractivity contribution in [3.8, 4) is 11.8 Å². The molecule has 2 aliphatic rings. The number of carboxylic acid groups (broad SMARTS) is 1. The van der Waals surface area contributed by atoms with Crippen molar-refractivity contribution in [2.24, 2.45) is 11.8 Å². The van der Waals surface area contributed by atoms with Gasteiger partial charge in [-0.1, -0.05) is 48.8 Å². The normalized spacial score (nSPS) is 23.9. The van der Waals surface area contributed by atoms with Crippen LogP contribution in [0.3, 0.4) is 0 Å². The molecule has 4 atom stereocenters. The van der Waals surface area contributed by atoms with E-state index < -0.39 is 41.5 Å². The van der Waals surface area contributed by atoms with Gasteiger partial charge < -0.3 is 5.11 Å². The number of allylic oxidation sites excluding steroid dienone is 4. The predicted molar refractivity (Wildman–Crippen MR) is 124 cm³/mol. The van der Waals surface area contributed by atoms with E-state index in [4.69, 9.17) is 0 Å². The largest absolute Gasteiger partial charge is 0.481 e. The Morgan fingerprint density at radius 1 is 1.22 bits per heavy atom. The molecule has 1 aromatic rings. The van der Waals surface area contributed by atoms with Gasteiger partial charge in [0, 0.05) is 19.0 Å². The van der Waals surface area contributed by atoms with Crippen LogP contribution in [-0.2, 0) is 11.0 Å². The van der Waals surface area contributed by atoms with E-state index in [9.17, 15) is 36.2 Å². The molecule has 3 nitrogen and oxygen atoms in total. The molecule has 1 unspecified atom stereocenters. The Morgan fingerprint density at radius 3 is 2.50 bits per heavy atom. The van der Waals surface area contributed by atoms with Gasteiger partial charge in [0.15, 0.2) is 0 Å². The quantitative estimate of drug-likeness (QED) is 0.344. The highest BCUT2D eigenvalue weighted by Crippen LogP contribution is 2.41. The van der Waals surface area contributed by atoms with Crippen molar-refractivity contribution >= 4 is 5.97 Å². The zero-order valence-corrected chi connectivity index (χ0v) is 19.7. The smallest absolute Gasteiger partial charge is 0.416 e. The molecule has 0 amide bonds. The lowest BCUT2D eigenvalue weighted by atomic mass is 9.78. The highest BCUT2D eigenvalue weighted by Gasteiger charge is 2.40. The molecule has 1 aliphatic heterocycles. The van der Waals surface area contributed by atoms with E-state index in [0.717, 1.165) is 24.3 Å². The Morgan fingerprint density at radius 2 is 1.94 bits per heavy atom. The number of likely N-dealkylation sites (tertiary alicyclic amines) is 1. The zero-order chi connectivity index (χ0) is 26.7. The van der Waals surface area contributed by atoms with Gasteiger partial charge in [-0.05, 0) is 61.3 Å². The van der Waals surface area contributed by atoms with Crippen LogP contribution in [-0.4, -0.2) is 34.7 Å². The number of piperidine rings is 1. The van der Waals surface area contributed by atoms with Crippen LogP contribution in [0.2, 0.25) is 0 Å². The number of carbonyl (C=O) groups is 1. The fourth-order valence-electron chi connectivity index (χ4n) is 4.83. The minimum atomic E-state index is -4.55. The van der Waals surface area contributed by atoms with E-state index in [1.807, 2.05) is 4.90 Å². The van der Waals surface area contributed by atoms with Gasteiger partial charge in [-0.15, -0.1) is 0 Å². The molecular weight excluding hydrogens is 484 g/mol. The molecule has 0 aromatic heterocycles. The lowest BCUT2D eigenvalue weighted by Gasteiger charge is -2.45. The summed E-state index contributed by atoms with van der Waals surface area (Å²) in [7, 11) is 0. The molecule has 0 radical (unpaired) electrons. The summed E-state index contributed by atoms with van der Waals surface area (Å²) in [5.41, 5.74) is -0.749. The van der Waals surface area contributed by atoms with Gasteiger partial charge in [0.2, 0.25) is 0 Å². The number of alkyl halides is 6. The van der Waals surface area contributed by atoms with Crippen molar-refractivity contribution in [3.63, 3.8) is 0 Å². The maximum absolute atomic E-state index is 13.4. The number of rotatable bonds is 5. The van der Waals surface area contributed by atoms with Gasteiger partial charge in [-0.2, -0.15) is 26.3 Å². The number of aliphatic carboxylic acids is 1. The van der Waals surface area contributed by atoms with E-state index >= 15 is 0 Å². The van der Waals surface area contributed by atoms with Crippen molar-refractivity contribution in [1.29, 1.82) is 0 Å². The SMILES string of the molecule is C=C(C)C#C[C@@H](c1cccc(C(F)(F)F)c1)N1CC[C@H](CC(=O)O)C[C@@H]1C1C=CC(C(F)(F)F)=CC1. The summed E-state index contributed by atoms with van der Waals surface area (Å²) in [6.07, 6.45) is -4.58. The predicted octanol–water partition coefficient (Wildman–Crippen LogP) is 6.95. The average Bonchev–Trinajstić information content (AvgIpc) is 2.78. The van der Waals surface area contributed by atoms with Gasteiger partial charge in [-0.3, -0.25) is 9.69 Å². The fourth-order valence-corrected chi connectivity index (χ4v) is 4.83. The molecule has 0 bridgehead atoms. The summed E-state index contributed by atoms with van der Waals surface area (Å²) in [6, 6.07) is 3.67. The second kappa shape index (κ2) is 11.0. The van der Waals surface area contributed by atoms with Crippen LogP contribution in [0.25, 0.3) is 0 Å². The zero-order valence-electron chi connectivity index (χ0n) is 19.7. The fraction of sp³-hybridized carbons (Fsp3) is 0.444. The van der Waals surface area contributed by atoms with Gasteiger partial charge >= 0.3 is 18.3 Å². The molecular formula is C27H27F6NO2. The monoisotopic (exact) mass is 511 g/mol. The first-order chi connectivity index (χ1) is 16.8. The molecule has 1 heterocycles. The van der Waals surface area contributed by atoms with E-state index in [1.54, 1.807) is 13.0 Å². The summed E-state index contributed by atoms with van der Waals surface area (Å²) >= 11 is 0. The minimum absolute atomic E-state index is 0.0789. The second-order valence-corrected chi connectivity index (χ2v) is 9.28. The van der Waals surface area contributed by atoms with Crippen LogP contribution in [0.15, 0.2) is 60.2 Å². The molecule has 194 valence electrons. The first-order valence-electron chi connectivity index (χ1n) is 11.5. The van der Waals surface area contributed by atoms with Gasteiger partial charge in [0.25, 0.3) is 0 Å². The lowest BCUT2D eigenvalue weighted by molar-refractivity contribution is -0.139. The lowest BCUT2D eigenvalue weighted by Crippen LogP contribution is -2.48. The van der Waals surface area contributed by atoms with Crippen molar-refractivity contribution in [2.45, 2.75) is 57.0 Å². The summed E-state index contributed by atoms with van der Waals surface area (Å²) in [6.45, 7) is 5.75. The maximum atomic E-state index is 13.4. The standard InChI is InChI=1S/C27H27F6NO2/c1-17(2)6-11-23(20-4-3-5-22(16-20)27(31,32)33)34-13-12-18(15-25(35)36)14-24(34)19-7-9-21(10-8-19)26(28,29)30/h3-5,7,9-10,16,18-19,23-24H,1,8,12-15H2,2H3,(H,35,36)/t18-,19?,23-,24+/m0/s1. The van der Waals surface area contributed by atoms with Crippen molar-refractivity contribution in [3.05, 3.63) is 71.3 Å². The van der Waals surface area contributed by atoms with Crippen LogP contribution in [0.1, 0.15) is 49.8 Å². The van der Waals surface area contributed by atoms with Crippen LogP contribution < -0.4 is 0 Å². The molecule has 1 N–H and O–H groups in total. The molecule has 0 spiro atoms. The Labute approximate surface area is 206 Å². The number of carboxylic acids is 1. The minimum Gasteiger partial charge on any atom is -0.481 e. The van der Waals surface area contributed by atoms with E-state index in [-0.39, 0.29) is 24.7 Å². The number of hydrogen-bond donors (Lipinski definition) is 1. The maximum Gasteiger partial charge on any atom is 0.416 e. The van der Waals surface area contributed by atoms with Crippen LogP contribution in [0.5, 0.6) is 0 Å². The van der Waals surface area contributed by atoms with Crippen molar-refractivity contribution in [1.82, 2.24) is 4.90 Å². The van der Waals surface area contributed by atoms with Gasteiger partial charge in [-0.25, -0.2) is 0 Å². The Hall–Kier alpha value is -2.99. The third-order valence-electron chi connectivity index (χ3n) is 6.50. The van der Waals surface area contributed by atoms with Crippen LogP contribution in [0, 0.1) is 23.7 Å². The number of halogens is 6. The number of hydrogen-bond acceptors (Lipinski definition) is 2. The van der Waals surface area contributed by atoms with E-state index in [2.05, 4.69) is 18.4 Å². The summed E-state index contributed by atoms with van der Waals surface area (Å²) in [5, 5.41) is 9.29. The Balaban J connectivity index is 2.01. The van der Waals surface area contributed by atoms with Crippen LogP contribution in [0.4, 0.5) is 26.3 Å². The summed E-state index contributed by atoms with van der Waals surface area (Å²) in [5.74, 6) is 4.31. The Bertz CT molecular complexity index is 1110. The van der Waals surface area contributed by atoms with Crippen molar-refractivity contribution in [2.75, 3.05) is 6.54 Å². The van der Waals surface area contributed by atoms with Gasteiger partial charge in [0.1, 0.15) is 0 Å². The molecule has 9 heteroatoms. The molecule has 1 saturated heterocycles. The number of nitrogens with zero attached hydrogens (tertiary/aromatic N) is 1. The van der Waals surface area contributed by atoms with Crippen LogP contribution >= 0.6 is 0 Å². The van der Waals surface area contributed by atoms with Gasteiger partial charge in [0.05, 0.1) is 17.2 Å². The molecule has 1 aliphatic carbocycles. The van der Waals surface area contributed by atoms with E-state index in [1.165, 1.54) is 12.1 Å². The Kier molecular flexibility index (Phi) is 8.40. The highest BCUT2D eigenvalue weighted by atomic mass is 19.4.